The Morgan fingerprint density at radius 2 is 1.80 bits per heavy atom. The van der Waals surface area contributed by atoms with Gasteiger partial charge in [-0.15, -0.1) is 0 Å². The fourth-order valence-corrected chi connectivity index (χ4v) is 6.40. The summed E-state index contributed by atoms with van der Waals surface area (Å²) in [5.74, 6) is 0. The van der Waals surface area contributed by atoms with E-state index in [0.29, 0.717) is 5.54 Å². The first-order chi connectivity index (χ1) is 7.12. The molecule has 0 unspecified atom stereocenters. The van der Waals surface area contributed by atoms with Crippen LogP contribution in [0.15, 0.2) is 30.3 Å². The molecule has 82 valence electrons. The third kappa shape index (κ3) is 2.01. The fraction of sp³-hybridized carbons (Fsp3) is 0.538. The maximum absolute atomic E-state index is 10.0. The molecule has 1 aliphatic carbocycles. The quantitative estimate of drug-likeness (QED) is 0.759. The van der Waals surface area contributed by atoms with E-state index >= 15 is 0 Å². The summed E-state index contributed by atoms with van der Waals surface area (Å²) < 4.78 is 0. The molecule has 0 spiro atoms. The average molecular weight is 220 g/mol. The molecule has 0 saturated heterocycles. The maximum atomic E-state index is 10.0. The Morgan fingerprint density at radius 3 is 2.33 bits per heavy atom. The Morgan fingerprint density at radius 1 is 1.13 bits per heavy atom. The molecule has 0 heterocycles. The number of rotatable bonds is 2. The van der Waals surface area contributed by atoms with Gasteiger partial charge in [-0.3, -0.25) is 0 Å². The summed E-state index contributed by atoms with van der Waals surface area (Å²) in [5.41, 5.74) is 0.555. The minimum Gasteiger partial charge on any atom is -0.393 e. The van der Waals surface area contributed by atoms with Crippen LogP contribution in [0.2, 0.25) is 18.6 Å². The fourth-order valence-electron chi connectivity index (χ4n) is 2.86. The van der Waals surface area contributed by atoms with Gasteiger partial charge in [0.2, 0.25) is 0 Å². The molecule has 1 saturated carbocycles. The summed E-state index contributed by atoms with van der Waals surface area (Å²) in [7, 11) is -1.46. The van der Waals surface area contributed by atoms with Gasteiger partial charge in [0.05, 0.1) is 14.2 Å². The molecule has 1 aliphatic rings. The van der Waals surface area contributed by atoms with E-state index in [1.165, 1.54) is 18.0 Å². The molecule has 0 radical (unpaired) electrons. The number of benzene rings is 1. The molecule has 1 fully saturated rings. The lowest BCUT2D eigenvalue weighted by Crippen LogP contribution is -2.48. The highest BCUT2D eigenvalue weighted by Gasteiger charge is 2.40. The third-order valence-electron chi connectivity index (χ3n) is 3.92. The molecule has 1 aromatic rings. The standard InChI is InChI=1S/C13H20OSi/c1-15(2,11-7-4-3-5-8-11)13-10-6-9-12(13)14/h3-5,7-8,12-14H,6,9-10H2,1-2H3/t12-,13-/m1/s1. The van der Waals surface area contributed by atoms with Crippen LogP contribution in [0, 0.1) is 0 Å². The van der Waals surface area contributed by atoms with Crippen molar-refractivity contribution in [3.8, 4) is 0 Å². The zero-order valence-corrected chi connectivity index (χ0v) is 10.6. The Labute approximate surface area is 93.2 Å². The van der Waals surface area contributed by atoms with E-state index in [2.05, 4.69) is 43.4 Å². The van der Waals surface area contributed by atoms with Crippen molar-refractivity contribution in [2.45, 2.75) is 44.0 Å². The summed E-state index contributed by atoms with van der Waals surface area (Å²) in [6, 6.07) is 10.8. The molecule has 1 N–H and O–H groups in total. The predicted molar refractivity (Wildman–Crippen MR) is 67.2 cm³/mol. The normalized spacial score (nSPS) is 26.9. The van der Waals surface area contributed by atoms with Crippen molar-refractivity contribution in [1.82, 2.24) is 0 Å². The first kappa shape index (κ1) is 10.9. The molecule has 2 atom stereocenters. The number of aliphatic hydroxyl groups is 1. The van der Waals surface area contributed by atoms with Gasteiger partial charge in [-0.25, -0.2) is 0 Å². The van der Waals surface area contributed by atoms with Crippen molar-refractivity contribution >= 4 is 13.3 Å². The molecule has 0 amide bonds. The van der Waals surface area contributed by atoms with E-state index in [1.54, 1.807) is 0 Å². The maximum Gasteiger partial charge on any atom is 0.0862 e. The first-order valence-corrected chi connectivity index (χ1v) is 8.93. The second-order valence-electron chi connectivity index (χ2n) is 5.19. The Kier molecular flexibility index (Phi) is 2.98. The van der Waals surface area contributed by atoms with E-state index < -0.39 is 8.07 Å². The molecule has 1 aromatic carbocycles. The minimum atomic E-state index is -1.46. The van der Waals surface area contributed by atoms with Crippen LogP contribution >= 0.6 is 0 Å². The van der Waals surface area contributed by atoms with Crippen LogP contribution < -0.4 is 5.19 Å². The largest absolute Gasteiger partial charge is 0.393 e. The second-order valence-corrected chi connectivity index (χ2v) is 9.95. The SMILES string of the molecule is C[Si](C)(c1ccccc1)[C@@H]1CCC[C@H]1O. The zero-order valence-electron chi connectivity index (χ0n) is 9.61. The second kappa shape index (κ2) is 4.10. The summed E-state index contributed by atoms with van der Waals surface area (Å²) in [6.07, 6.45) is 3.38. The van der Waals surface area contributed by atoms with Crippen LogP contribution in [0.3, 0.4) is 0 Å². The smallest absolute Gasteiger partial charge is 0.0862 e. The molecular formula is C13H20OSi. The van der Waals surface area contributed by atoms with Gasteiger partial charge >= 0.3 is 0 Å². The van der Waals surface area contributed by atoms with E-state index in [4.69, 9.17) is 0 Å². The predicted octanol–water partition coefficient (Wildman–Crippen LogP) is 2.52. The zero-order chi connectivity index (χ0) is 10.9. The van der Waals surface area contributed by atoms with Crippen LogP contribution in [-0.4, -0.2) is 19.3 Å². The van der Waals surface area contributed by atoms with Gasteiger partial charge in [-0.05, 0) is 18.4 Å². The summed E-state index contributed by atoms with van der Waals surface area (Å²) >= 11 is 0. The van der Waals surface area contributed by atoms with Crippen molar-refractivity contribution < 1.29 is 5.11 Å². The molecule has 2 heteroatoms. The highest BCUT2D eigenvalue weighted by Crippen LogP contribution is 2.38. The van der Waals surface area contributed by atoms with Crippen molar-refractivity contribution in [3.05, 3.63) is 30.3 Å². The van der Waals surface area contributed by atoms with Gasteiger partial charge in [-0.1, -0.05) is 55.0 Å². The van der Waals surface area contributed by atoms with Gasteiger partial charge < -0.3 is 5.11 Å². The van der Waals surface area contributed by atoms with Crippen LogP contribution in [0.5, 0.6) is 0 Å². The molecule has 2 rings (SSSR count). The molecule has 1 nitrogen and oxygen atoms in total. The minimum absolute atomic E-state index is 0.0492. The number of hydrogen-bond donors (Lipinski definition) is 1. The van der Waals surface area contributed by atoms with Gasteiger partial charge in [0.25, 0.3) is 0 Å². The molecular weight excluding hydrogens is 200 g/mol. The van der Waals surface area contributed by atoms with Gasteiger partial charge in [0.1, 0.15) is 0 Å². The third-order valence-corrected chi connectivity index (χ3v) is 8.27. The lowest BCUT2D eigenvalue weighted by atomic mass is 10.3. The molecule has 0 aliphatic heterocycles. The van der Waals surface area contributed by atoms with E-state index in [0.717, 1.165) is 6.42 Å². The lowest BCUT2D eigenvalue weighted by Gasteiger charge is -2.32. The van der Waals surface area contributed by atoms with Crippen LogP contribution in [0.4, 0.5) is 0 Å². The number of aliphatic hydroxyl groups excluding tert-OH is 1. The van der Waals surface area contributed by atoms with Gasteiger partial charge in [0.15, 0.2) is 0 Å². The highest BCUT2D eigenvalue weighted by molar-refractivity contribution is 6.91. The van der Waals surface area contributed by atoms with E-state index in [9.17, 15) is 5.11 Å². The molecule has 15 heavy (non-hydrogen) atoms. The Bertz CT molecular complexity index is 321. The van der Waals surface area contributed by atoms with Crippen molar-refractivity contribution in [1.29, 1.82) is 0 Å². The Hall–Kier alpha value is -0.603. The lowest BCUT2D eigenvalue weighted by molar-refractivity contribution is 0.181. The number of hydrogen-bond acceptors (Lipinski definition) is 1. The van der Waals surface area contributed by atoms with Gasteiger partial charge in [-0.2, -0.15) is 0 Å². The molecule has 0 bridgehead atoms. The monoisotopic (exact) mass is 220 g/mol. The van der Waals surface area contributed by atoms with E-state index in [-0.39, 0.29) is 6.10 Å². The van der Waals surface area contributed by atoms with Crippen LogP contribution in [-0.2, 0) is 0 Å². The van der Waals surface area contributed by atoms with Gasteiger partial charge in [0, 0.05) is 0 Å². The summed E-state index contributed by atoms with van der Waals surface area (Å²) in [5, 5.41) is 11.5. The Balaban J connectivity index is 2.26. The van der Waals surface area contributed by atoms with Crippen LogP contribution in [0.1, 0.15) is 19.3 Å². The topological polar surface area (TPSA) is 20.2 Å². The molecule has 0 aromatic heterocycles. The first-order valence-electron chi connectivity index (χ1n) is 5.86. The van der Waals surface area contributed by atoms with Crippen LogP contribution in [0.25, 0.3) is 0 Å². The average Bonchev–Trinajstić information content (AvgIpc) is 2.66. The van der Waals surface area contributed by atoms with Crippen molar-refractivity contribution in [2.75, 3.05) is 0 Å². The van der Waals surface area contributed by atoms with Crippen molar-refractivity contribution in [3.63, 3.8) is 0 Å². The summed E-state index contributed by atoms with van der Waals surface area (Å²) in [4.78, 5) is 0. The highest BCUT2D eigenvalue weighted by atomic mass is 28.3. The summed E-state index contributed by atoms with van der Waals surface area (Å²) in [6.45, 7) is 4.78. The van der Waals surface area contributed by atoms with E-state index in [1.807, 2.05) is 0 Å². The van der Waals surface area contributed by atoms with Crippen molar-refractivity contribution in [2.24, 2.45) is 0 Å².